The Morgan fingerprint density at radius 1 is 1.67 bits per heavy atom. The van der Waals surface area contributed by atoms with Crippen molar-refractivity contribution >= 4 is 11.3 Å². The van der Waals surface area contributed by atoms with Crippen molar-refractivity contribution in [1.82, 2.24) is 4.90 Å². The van der Waals surface area contributed by atoms with Crippen molar-refractivity contribution in [2.75, 3.05) is 20.1 Å². The second-order valence-corrected chi connectivity index (χ2v) is 4.72. The fourth-order valence-corrected chi connectivity index (χ4v) is 2.50. The second-order valence-electron chi connectivity index (χ2n) is 3.74. The predicted molar refractivity (Wildman–Crippen MR) is 63.5 cm³/mol. The van der Waals surface area contributed by atoms with E-state index in [4.69, 9.17) is 11.0 Å². The van der Waals surface area contributed by atoms with Gasteiger partial charge in [0.05, 0.1) is 18.0 Å². The van der Waals surface area contributed by atoms with E-state index in [1.54, 1.807) is 11.3 Å². The standard InChI is InChI=1S/C11H17N3S/c1-9(6-12)8-14(2)10(7-13)11-4-3-5-15-11/h3-5,9-10H,7-8,13H2,1-2H3. The lowest BCUT2D eigenvalue weighted by Gasteiger charge is -2.26. The molecule has 0 saturated heterocycles. The number of thiophene rings is 1. The zero-order chi connectivity index (χ0) is 11.3. The largest absolute Gasteiger partial charge is 0.329 e. The number of hydrogen-bond donors (Lipinski definition) is 1. The van der Waals surface area contributed by atoms with Gasteiger partial charge in [-0.05, 0) is 25.4 Å². The molecule has 0 radical (unpaired) electrons. The van der Waals surface area contributed by atoms with Gasteiger partial charge in [0.2, 0.25) is 0 Å². The molecule has 0 aliphatic heterocycles. The SMILES string of the molecule is CC(C#N)CN(C)C(CN)c1cccs1. The average Bonchev–Trinajstić information content (AvgIpc) is 2.72. The maximum absolute atomic E-state index is 8.76. The topological polar surface area (TPSA) is 53.0 Å². The predicted octanol–water partition coefficient (Wildman–Crippen LogP) is 1.84. The van der Waals surface area contributed by atoms with Crippen LogP contribution in [-0.4, -0.2) is 25.0 Å². The smallest absolute Gasteiger partial charge is 0.0666 e. The monoisotopic (exact) mass is 223 g/mol. The van der Waals surface area contributed by atoms with Gasteiger partial charge in [0.15, 0.2) is 0 Å². The van der Waals surface area contributed by atoms with Gasteiger partial charge >= 0.3 is 0 Å². The number of hydrogen-bond acceptors (Lipinski definition) is 4. The van der Waals surface area contributed by atoms with Crippen molar-refractivity contribution in [2.24, 2.45) is 11.7 Å². The van der Waals surface area contributed by atoms with E-state index in [1.165, 1.54) is 4.88 Å². The highest BCUT2D eigenvalue weighted by molar-refractivity contribution is 7.10. The van der Waals surface area contributed by atoms with E-state index >= 15 is 0 Å². The van der Waals surface area contributed by atoms with E-state index in [0.29, 0.717) is 6.54 Å². The maximum Gasteiger partial charge on any atom is 0.0666 e. The van der Waals surface area contributed by atoms with Crippen LogP contribution in [0.25, 0.3) is 0 Å². The highest BCUT2D eigenvalue weighted by atomic mass is 32.1. The van der Waals surface area contributed by atoms with E-state index in [1.807, 2.05) is 20.0 Å². The molecule has 3 nitrogen and oxygen atoms in total. The first-order valence-corrected chi connectivity index (χ1v) is 5.90. The third-order valence-corrected chi connectivity index (χ3v) is 3.38. The quantitative estimate of drug-likeness (QED) is 0.828. The number of nitrogens with two attached hydrogens (primary N) is 1. The van der Waals surface area contributed by atoms with Crippen LogP contribution in [0.3, 0.4) is 0 Å². The molecule has 0 aliphatic rings. The fraction of sp³-hybridized carbons (Fsp3) is 0.545. The molecule has 0 fully saturated rings. The van der Waals surface area contributed by atoms with E-state index in [2.05, 4.69) is 22.4 Å². The summed E-state index contributed by atoms with van der Waals surface area (Å²) in [5.41, 5.74) is 5.76. The molecule has 82 valence electrons. The fourth-order valence-electron chi connectivity index (χ4n) is 1.59. The zero-order valence-electron chi connectivity index (χ0n) is 9.18. The van der Waals surface area contributed by atoms with Gasteiger partial charge in [0.1, 0.15) is 0 Å². The lowest BCUT2D eigenvalue weighted by Crippen LogP contribution is -2.32. The van der Waals surface area contributed by atoms with E-state index in [0.717, 1.165) is 6.54 Å². The number of rotatable bonds is 5. The van der Waals surface area contributed by atoms with E-state index in [9.17, 15) is 0 Å². The van der Waals surface area contributed by atoms with Crippen LogP contribution in [0, 0.1) is 17.2 Å². The van der Waals surface area contributed by atoms with Crippen LogP contribution in [0.15, 0.2) is 17.5 Å². The maximum atomic E-state index is 8.76. The molecule has 1 aromatic heterocycles. The minimum absolute atomic E-state index is 0.0454. The average molecular weight is 223 g/mol. The molecule has 1 aromatic rings. The van der Waals surface area contributed by atoms with Crippen molar-refractivity contribution in [2.45, 2.75) is 13.0 Å². The number of nitrogens with zero attached hydrogens (tertiary/aromatic N) is 2. The van der Waals surface area contributed by atoms with Crippen molar-refractivity contribution in [3.8, 4) is 6.07 Å². The van der Waals surface area contributed by atoms with Crippen molar-refractivity contribution in [1.29, 1.82) is 5.26 Å². The third kappa shape index (κ3) is 3.31. The molecule has 2 N–H and O–H groups in total. The van der Waals surface area contributed by atoms with E-state index < -0.39 is 0 Å². The Balaban J connectivity index is 2.64. The van der Waals surface area contributed by atoms with Crippen molar-refractivity contribution < 1.29 is 0 Å². The summed E-state index contributed by atoms with van der Waals surface area (Å²) in [6, 6.07) is 6.60. The molecule has 1 rings (SSSR count). The molecule has 0 spiro atoms. The van der Waals surface area contributed by atoms with Crippen molar-refractivity contribution in [3.05, 3.63) is 22.4 Å². The first kappa shape index (κ1) is 12.2. The Kier molecular flexibility index (Phi) is 4.76. The summed E-state index contributed by atoms with van der Waals surface area (Å²) in [6.45, 7) is 3.28. The molecule has 1 heterocycles. The van der Waals surface area contributed by atoms with Gasteiger partial charge in [0.25, 0.3) is 0 Å². The summed E-state index contributed by atoms with van der Waals surface area (Å²) in [5.74, 6) is 0.0454. The van der Waals surface area contributed by atoms with Crippen LogP contribution < -0.4 is 5.73 Å². The zero-order valence-corrected chi connectivity index (χ0v) is 10.00. The highest BCUT2D eigenvalue weighted by Crippen LogP contribution is 2.23. The third-order valence-electron chi connectivity index (χ3n) is 2.41. The summed E-state index contributed by atoms with van der Waals surface area (Å²) in [6.07, 6.45) is 0. The van der Waals surface area contributed by atoms with Crippen LogP contribution in [0.1, 0.15) is 17.8 Å². The highest BCUT2D eigenvalue weighted by Gasteiger charge is 2.17. The van der Waals surface area contributed by atoms with Crippen LogP contribution in [-0.2, 0) is 0 Å². The first-order valence-electron chi connectivity index (χ1n) is 5.02. The summed E-state index contributed by atoms with van der Waals surface area (Å²) < 4.78 is 0. The van der Waals surface area contributed by atoms with Gasteiger partial charge in [-0.2, -0.15) is 5.26 Å². The summed E-state index contributed by atoms with van der Waals surface area (Å²) in [5, 5.41) is 10.8. The van der Waals surface area contributed by atoms with E-state index in [-0.39, 0.29) is 12.0 Å². The van der Waals surface area contributed by atoms with Gasteiger partial charge in [-0.3, -0.25) is 4.90 Å². The van der Waals surface area contributed by atoms with Crippen LogP contribution in [0.2, 0.25) is 0 Å². The normalized spacial score (nSPS) is 14.9. The van der Waals surface area contributed by atoms with Crippen LogP contribution in [0.5, 0.6) is 0 Å². The van der Waals surface area contributed by atoms with Crippen LogP contribution >= 0.6 is 11.3 Å². The molecular weight excluding hydrogens is 206 g/mol. The van der Waals surface area contributed by atoms with Crippen LogP contribution in [0.4, 0.5) is 0 Å². The molecule has 0 aliphatic carbocycles. The number of nitriles is 1. The molecule has 15 heavy (non-hydrogen) atoms. The Morgan fingerprint density at radius 2 is 2.40 bits per heavy atom. The molecule has 2 unspecified atom stereocenters. The van der Waals surface area contributed by atoms with Gasteiger partial charge in [-0.25, -0.2) is 0 Å². The second kappa shape index (κ2) is 5.86. The lowest BCUT2D eigenvalue weighted by atomic mass is 10.1. The van der Waals surface area contributed by atoms with Gasteiger partial charge in [-0.15, -0.1) is 11.3 Å². The molecule has 0 aromatic carbocycles. The molecule has 0 saturated carbocycles. The summed E-state index contributed by atoms with van der Waals surface area (Å²) >= 11 is 1.71. The Bertz CT molecular complexity index is 315. The Hall–Kier alpha value is -0.890. The molecular formula is C11H17N3S. The molecule has 4 heteroatoms. The van der Waals surface area contributed by atoms with Gasteiger partial charge < -0.3 is 5.73 Å². The van der Waals surface area contributed by atoms with Gasteiger partial charge in [-0.1, -0.05) is 6.07 Å². The van der Waals surface area contributed by atoms with Crippen molar-refractivity contribution in [3.63, 3.8) is 0 Å². The Morgan fingerprint density at radius 3 is 2.87 bits per heavy atom. The first-order chi connectivity index (χ1) is 7.19. The summed E-state index contributed by atoms with van der Waals surface area (Å²) in [7, 11) is 2.02. The van der Waals surface area contributed by atoms with Gasteiger partial charge in [0, 0.05) is 18.0 Å². The summed E-state index contributed by atoms with van der Waals surface area (Å²) in [4.78, 5) is 3.42. The lowest BCUT2D eigenvalue weighted by molar-refractivity contribution is 0.237. The minimum atomic E-state index is 0.0454. The molecule has 0 bridgehead atoms. The molecule has 2 atom stereocenters. The Labute approximate surface area is 95.1 Å². The molecule has 0 amide bonds. The number of likely N-dealkylation sites (N-methyl/N-ethyl adjacent to an activating group) is 1. The minimum Gasteiger partial charge on any atom is -0.329 e.